The Morgan fingerprint density at radius 1 is 1.12 bits per heavy atom. The Morgan fingerprint density at radius 2 is 1.90 bits per heavy atom. The fourth-order valence-corrected chi connectivity index (χ4v) is 5.38. The number of benzene rings is 2. The molecule has 11 heteroatoms. The minimum atomic E-state index is -0.308. The summed E-state index contributed by atoms with van der Waals surface area (Å²) < 4.78 is 18.3. The average Bonchev–Trinajstić information content (AvgIpc) is 3.70. The van der Waals surface area contributed by atoms with Crippen LogP contribution in [0, 0.1) is 5.41 Å². The van der Waals surface area contributed by atoms with Crippen molar-refractivity contribution >= 4 is 35.4 Å². The van der Waals surface area contributed by atoms with Crippen LogP contribution in [0.4, 0.5) is 5.69 Å². The van der Waals surface area contributed by atoms with Crippen LogP contribution < -0.4 is 19.9 Å². The molecule has 1 N–H and O–H groups in total. The van der Waals surface area contributed by atoms with Crippen molar-refractivity contribution in [1.29, 1.82) is 0 Å². The summed E-state index contributed by atoms with van der Waals surface area (Å²) in [4.78, 5) is 27.8. The highest BCUT2D eigenvalue weighted by molar-refractivity contribution is 7.95. The van der Waals surface area contributed by atoms with Crippen molar-refractivity contribution in [3.63, 3.8) is 0 Å². The van der Waals surface area contributed by atoms with Crippen LogP contribution >= 0.6 is 23.7 Å². The monoisotopic (exact) mass is 583 g/mol. The van der Waals surface area contributed by atoms with Gasteiger partial charge >= 0.3 is 11.5 Å². The van der Waals surface area contributed by atoms with Gasteiger partial charge in [0, 0.05) is 55.3 Å². The van der Waals surface area contributed by atoms with Gasteiger partial charge in [0.05, 0.1) is 30.7 Å². The highest BCUT2D eigenvalue weighted by Crippen LogP contribution is 2.45. The molecule has 0 amide bonds. The van der Waals surface area contributed by atoms with Crippen molar-refractivity contribution in [3.05, 3.63) is 81.2 Å². The third-order valence-electron chi connectivity index (χ3n) is 7.12. The Bertz CT molecular complexity index is 1410. The van der Waals surface area contributed by atoms with Gasteiger partial charge in [-0.1, -0.05) is 36.7 Å². The molecule has 1 saturated heterocycles. The molecule has 1 aromatic heterocycles. The van der Waals surface area contributed by atoms with Crippen molar-refractivity contribution in [2.75, 3.05) is 44.3 Å². The molecule has 2 aromatic carbocycles. The van der Waals surface area contributed by atoms with Crippen LogP contribution in [0.2, 0.25) is 5.02 Å². The lowest BCUT2D eigenvalue weighted by molar-refractivity contribution is 0.0526. The van der Waals surface area contributed by atoms with E-state index in [0.29, 0.717) is 41.8 Å². The second kappa shape index (κ2) is 12.6. The molecule has 1 saturated carbocycles. The van der Waals surface area contributed by atoms with E-state index >= 15 is 0 Å². The number of esters is 1. The van der Waals surface area contributed by atoms with Crippen molar-refractivity contribution in [3.8, 4) is 11.4 Å². The Labute approximate surface area is 243 Å². The fourth-order valence-electron chi connectivity index (χ4n) is 4.44. The summed E-state index contributed by atoms with van der Waals surface area (Å²) in [5, 5.41) is 5.02. The van der Waals surface area contributed by atoms with Crippen LogP contribution in [-0.4, -0.2) is 59.4 Å². The molecule has 2 aliphatic rings. The summed E-state index contributed by atoms with van der Waals surface area (Å²) in [6, 6.07) is 14.6. The molecule has 212 valence electrons. The Hall–Kier alpha value is -3.05. The number of carbonyl (C=O) groups excluding carboxylic acids is 1. The third-order valence-corrected chi connectivity index (χ3v) is 8.26. The molecule has 2 fully saturated rings. The largest absolute Gasteiger partial charge is 0.486 e. The van der Waals surface area contributed by atoms with E-state index in [2.05, 4.69) is 25.9 Å². The van der Waals surface area contributed by atoms with Gasteiger partial charge in [-0.25, -0.2) is 13.8 Å². The predicted octanol–water partition coefficient (Wildman–Crippen LogP) is 4.72. The standard InChI is InChI=1S/C29H34ClN5O4S/c1-3-38-28(37)22-7-4-6-21(16-22)18-32-40-34-14-12-33(13-15-34)25-19-31-35(24-9-5-8-23(30)17-24)27(36)26(25)39-20-29(2)10-11-29/h4-9,16-17,19,32H,3,10-15,18,20H2,1-2H3. The molecule has 9 nitrogen and oxygen atoms in total. The first-order valence-electron chi connectivity index (χ1n) is 13.5. The minimum Gasteiger partial charge on any atom is -0.486 e. The average molecular weight is 584 g/mol. The first kappa shape index (κ1) is 28.5. The normalized spacial score (nSPS) is 16.5. The number of aromatic nitrogens is 2. The molecule has 0 atom stereocenters. The summed E-state index contributed by atoms with van der Waals surface area (Å²) in [5.74, 6) is 0.0289. The van der Waals surface area contributed by atoms with E-state index in [4.69, 9.17) is 21.1 Å². The van der Waals surface area contributed by atoms with E-state index in [1.165, 1.54) is 4.68 Å². The maximum Gasteiger partial charge on any atom is 0.338 e. The van der Waals surface area contributed by atoms with Crippen LogP contribution in [0.15, 0.2) is 59.5 Å². The number of hydrogen-bond donors (Lipinski definition) is 1. The summed E-state index contributed by atoms with van der Waals surface area (Å²) in [7, 11) is 0. The van der Waals surface area contributed by atoms with Gasteiger partial charge in [-0.15, -0.1) is 0 Å². The highest BCUT2D eigenvalue weighted by atomic mass is 35.5. The summed E-state index contributed by atoms with van der Waals surface area (Å²) in [5.41, 5.74) is 2.73. The van der Waals surface area contributed by atoms with Gasteiger partial charge in [0.1, 0.15) is 5.69 Å². The van der Waals surface area contributed by atoms with Gasteiger partial charge in [0.2, 0.25) is 5.75 Å². The molecule has 0 unspecified atom stereocenters. The molecule has 0 spiro atoms. The lowest BCUT2D eigenvalue weighted by atomic mass is 10.1. The maximum atomic E-state index is 13.6. The minimum absolute atomic E-state index is 0.130. The van der Waals surface area contributed by atoms with Gasteiger partial charge in [-0.05, 0) is 55.7 Å². The number of ether oxygens (including phenoxy) is 2. The van der Waals surface area contributed by atoms with Crippen molar-refractivity contribution < 1.29 is 14.3 Å². The fraction of sp³-hybridized carbons (Fsp3) is 0.414. The zero-order valence-electron chi connectivity index (χ0n) is 22.8. The Balaban J connectivity index is 1.22. The summed E-state index contributed by atoms with van der Waals surface area (Å²) in [6.45, 7) is 8.47. The first-order valence-corrected chi connectivity index (χ1v) is 14.7. The lowest BCUT2D eigenvalue weighted by Crippen LogP contribution is -2.45. The maximum absolute atomic E-state index is 13.6. The molecule has 3 aromatic rings. The number of rotatable bonds is 11. The molecule has 40 heavy (non-hydrogen) atoms. The molecule has 2 heterocycles. The first-order chi connectivity index (χ1) is 19.3. The number of nitrogens with zero attached hydrogens (tertiary/aromatic N) is 4. The number of hydrogen-bond acceptors (Lipinski definition) is 9. The number of nitrogens with one attached hydrogen (secondary N) is 1. The van der Waals surface area contributed by atoms with Gasteiger partial charge in [-0.3, -0.25) is 4.79 Å². The summed E-state index contributed by atoms with van der Waals surface area (Å²) >= 11 is 7.73. The zero-order valence-corrected chi connectivity index (χ0v) is 24.3. The smallest absolute Gasteiger partial charge is 0.338 e. The topological polar surface area (TPSA) is 88.9 Å². The van der Waals surface area contributed by atoms with E-state index < -0.39 is 0 Å². The van der Waals surface area contributed by atoms with Crippen molar-refractivity contribution in [1.82, 2.24) is 18.8 Å². The number of piperazine rings is 1. The lowest BCUT2D eigenvalue weighted by Gasteiger charge is -2.35. The number of anilines is 1. The van der Waals surface area contributed by atoms with Crippen LogP contribution in [0.3, 0.4) is 0 Å². The molecular weight excluding hydrogens is 550 g/mol. The van der Waals surface area contributed by atoms with Crippen LogP contribution in [0.1, 0.15) is 42.6 Å². The quantitative estimate of drug-likeness (QED) is 0.254. The van der Waals surface area contributed by atoms with Crippen LogP contribution in [-0.2, 0) is 11.3 Å². The van der Waals surface area contributed by atoms with E-state index in [-0.39, 0.29) is 16.9 Å². The van der Waals surface area contributed by atoms with Gasteiger partial charge in [-0.2, -0.15) is 9.78 Å². The Kier molecular flexibility index (Phi) is 9.00. The zero-order chi connectivity index (χ0) is 28.1. The Morgan fingerprint density at radius 3 is 2.62 bits per heavy atom. The van der Waals surface area contributed by atoms with Crippen molar-refractivity contribution in [2.24, 2.45) is 5.41 Å². The predicted molar refractivity (Wildman–Crippen MR) is 158 cm³/mol. The second-order valence-electron chi connectivity index (χ2n) is 10.4. The summed E-state index contributed by atoms with van der Waals surface area (Å²) in [6.07, 6.45) is 3.93. The van der Waals surface area contributed by atoms with E-state index in [1.807, 2.05) is 24.3 Å². The van der Waals surface area contributed by atoms with Crippen LogP contribution in [0.25, 0.3) is 5.69 Å². The van der Waals surface area contributed by atoms with Gasteiger partial charge < -0.3 is 14.4 Å². The third kappa shape index (κ3) is 6.98. The molecule has 1 aliphatic heterocycles. The second-order valence-corrected chi connectivity index (χ2v) is 11.8. The van der Waals surface area contributed by atoms with Crippen molar-refractivity contribution in [2.45, 2.75) is 33.2 Å². The van der Waals surface area contributed by atoms with Crippen LogP contribution in [0.5, 0.6) is 5.75 Å². The molecular formula is C29H34ClN5O4S. The van der Waals surface area contributed by atoms with E-state index in [1.54, 1.807) is 49.5 Å². The molecule has 1 aliphatic carbocycles. The van der Waals surface area contributed by atoms with E-state index in [0.717, 1.165) is 50.3 Å². The SMILES string of the molecule is CCOC(=O)c1cccc(CNSN2CCN(c3cnn(-c4cccc(Cl)c4)c(=O)c3OCC3(C)CC3)CC2)c1. The molecule has 0 bridgehead atoms. The van der Waals surface area contributed by atoms with Gasteiger partial charge in [0.25, 0.3) is 0 Å². The highest BCUT2D eigenvalue weighted by Gasteiger charge is 2.39. The molecule has 5 rings (SSSR count). The van der Waals surface area contributed by atoms with E-state index in [9.17, 15) is 9.59 Å². The number of carbonyl (C=O) groups is 1. The van der Waals surface area contributed by atoms with Gasteiger partial charge in [0.15, 0.2) is 0 Å². The molecule has 0 radical (unpaired) electrons. The number of halogens is 1.